The molecular formula is C9H16BrNO2. The molecule has 4 unspecified atom stereocenters. The van der Waals surface area contributed by atoms with Crippen LogP contribution in [0.3, 0.4) is 0 Å². The zero-order chi connectivity index (χ0) is 10.0. The molecule has 1 N–H and O–H groups in total. The van der Waals surface area contributed by atoms with Crippen LogP contribution in [-0.4, -0.2) is 29.5 Å². The summed E-state index contributed by atoms with van der Waals surface area (Å²) in [6, 6.07) is 0.169. The van der Waals surface area contributed by atoms with Crippen LogP contribution in [0, 0.1) is 5.92 Å². The van der Waals surface area contributed by atoms with Gasteiger partial charge < -0.3 is 10.1 Å². The van der Waals surface area contributed by atoms with Gasteiger partial charge in [0.05, 0.1) is 23.6 Å². The fraction of sp³-hybridized carbons (Fsp3) is 0.889. The Morgan fingerprint density at radius 2 is 2.23 bits per heavy atom. The van der Waals surface area contributed by atoms with Crippen LogP contribution >= 0.6 is 15.9 Å². The Bertz CT molecular complexity index is 196. The highest BCUT2D eigenvalue weighted by Crippen LogP contribution is 2.20. The topological polar surface area (TPSA) is 38.3 Å². The third kappa shape index (κ3) is 2.68. The van der Waals surface area contributed by atoms with Crippen LogP contribution in [0.5, 0.6) is 0 Å². The molecule has 3 nitrogen and oxygen atoms in total. The molecule has 0 aromatic heterocycles. The second-order valence-electron chi connectivity index (χ2n) is 3.63. The minimum Gasteiger partial charge on any atom is -0.376 e. The van der Waals surface area contributed by atoms with Crippen molar-refractivity contribution in [1.82, 2.24) is 5.32 Å². The molecule has 0 spiro atoms. The van der Waals surface area contributed by atoms with Crippen molar-refractivity contribution < 1.29 is 9.53 Å². The first-order valence-corrected chi connectivity index (χ1v) is 5.50. The van der Waals surface area contributed by atoms with E-state index in [1.807, 2.05) is 13.8 Å². The Kier molecular flexibility index (Phi) is 3.74. The number of carbonyl (C=O) groups is 1. The zero-order valence-electron chi connectivity index (χ0n) is 8.21. The van der Waals surface area contributed by atoms with E-state index in [0.717, 1.165) is 0 Å². The van der Waals surface area contributed by atoms with Crippen molar-refractivity contribution in [2.45, 2.75) is 37.7 Å². The monoisotopic (exact) mass is 249 g/mol. The lowest BCUT2D eigenvalue weighted by Crippen LogP contribution is -2.42. The maximum atomic E-state index is 11.3. The molecule has 4 atom stereocenters. The zero-order valence-corrected chi connectivity index (χ0v) is 9.80. The largest absolute Gasteiger partial charge is 0.376 e. The van der Waals surface area contributed by atoms with Crippen LogP contribution < -0.4 is 5.32 Å². The first-order chi connectivity index (χ1) is 6.02. The molecule has 76 valence electrons. The predicted octanol–water partition coefficient (Wildman–Crippen LogP) is 1.31. The fourth-order valence-corrected chi connectivity index (χ4v) is 1.49. The third-order valence-electron chi connectivity index (χ3n) is 2.60. The number of rotatable bonds is 2. The van der Waals surface area contributed by atoms with Gasteiger partial charge in [0.25, 0.3) is 0 Å². The van der Waals surface area contributed by atoms with Crippen LogP contribution in [0.4, 0.5) is 0 Å². The van der Waals surface area contributed by atoms with Gasteiger partial charge in [-0.3, -0.25) is 4.79 Å². The summed E-state index contributed by atoms with van der Waals surface area (Å²) in [5.41, 5.74) is 0. The summed E-state index contributed by atoms with van der Waals surface area (Å²) in [7, 11) is 0. The highest BCUT2D eigenvalue weighted by atomic mass is 79.9. The van der Waals surface area contributed by atoms with E-state index in [1.54, 1.807) is 0 Å². The third-order valence-corrected chi connectivity index (χ3v) is 3.02. The van der Waals surface area contributed by atoms with E-state index in [2.05, 4.69) is 28.2 Å². The molecule has 1 saturated heterocycles. The van der Waals surface area contributed by atoms with E-state index < -0.39 is 0 Å². The lowest BCUT2D eigenvalue weighted by Gasteiger charge is -2.17. The predicted molar refractivity (Wildman–Crippen MR) is 54.9 cm³/mol. The number of halogens is 1. The standard InChI is InChI=1S/C9H16BrNO2/c1-5-7(3)13-4-8(5)11-9(12)6(2)10/h5-8H,4H2,1-3H3,(H,11,12). The van der Waals surface area contributed by atoms with E-state index in [4.69, 9.17) is 4.74 Å². The molecule has 13 heavy (non-hydrogen) atoms. The van der Waals surface area contributed by atoms with Crippen LogP contribution in [-0.2, 0) is 9.53 Å². The van der Waals surface area contributed by atoms with E-state index in [9.17, 15) is 4.79 Å². The molecule has 0 radical (unpaired) electrons. The van der Waals surface area contributed by atoms with Crippen LogP contribution in [0.1, 0.15) is 20.8 Å². The van der Waals surface area contributed by atoms with Crippen molar-refractivity contribution in [2.24, 2.45) is 5.92 Å². The number of hydrogen-bond donors (Lipinski definition) is 1. The molecule has 0 saturated carbocycles. The molecule has 0 aliphatic carbocycles. The number of carbonyl (C=O) groups excluding carboxylic acids is 1. The van der Waals surface area contributed by atoms with Gasteiger partial charge in [-0.1, -0.05) is 22.9 Å². The summed E-state index contributed by atoms with van der Waals surface area (Å²) in [5, 5.41) is 2.95. The molecule has 0 bridgehead atoms. The van der Waals surface area contributed by atoms with E-state index in [0.29, 0.717) is 12.5 Å². The summed E-state index contributed by atoms with van der Waals surface area (Å²) >= 11 is 3.23. The van der Waals surface area contributed by atoms with Gasteiger partial charge in [0, 0.05) is 5.92 Å². The smallest absolute Gasteiger partial charge is 0.233 e. The van der Waals surface area contributed by atoms with Gasteiger partial charge in [-0.15, -0.1) is 0 Å². The molecule has 1 aliphatic rings. The number of alkyl halides is 1. The maximum absolute atomic E-state index is 11.3. The maximum Gasteiger partial charge on any atom is 0.233 e. The summed E-state index contributed by atoms with van der Waals surface area (Å²) < 4.78 is 5.43. The second kappa shape index (κ2) is 4.42. The first-order valence-electron chi connectivity index (χ1n) is 4.58. The highest BCUT2D eigenvalue weighted by molar-refractivity contribution is 9.10. The average molecular weight is 250 g/mol. The van der Waals surface area contributed by atoms with Crippen molar-refractivity contribution in [1.29, 1.82) is 0 Å². The van der Waals surface area contributed by atoms with E-state index >= 15 is 0 Å². The Hall–Kier alpha value is -0.0900. The van der Waals surface area contributed by atoms with Gasteiger partial charge in [-0.25, -0.2) is 0 Å². The Morgan fingerprint density at radius 3 is 2.62 bits per heavy atom. The van der Waals surface area contributed by atoms with Crippen LogP contribution in [0.15, 0.2) is 0 Å². The average Bonchev–Trinajstić information content (AvgIpc) is 2.36. The molecule has 1 amide bonds. The number of amides is 1. The number of hydrogen-bond acceptors (Lipinski definition) is 2. The van der Waals surface area contributed by atoms with Gasteiger partial charge >= 0.3 is 0 Å². The van der Waals surface area contributed by atoms with E-state index in [1.165, 1.54) is 0 Å². The molecule has 1 heterocycles. The van der Waals surface area contributed by atoms with Gasteiger partial charge in [-0.2, -0.15) is 0 Å². The van der Waals surface area contributed by atoms with Crippen molar-refractivity contribution in [2.75, 3.05) is 6.61 Å². The highest BCUT2D eigenvalue weighted by Gasteiger charge is 2.32. The SMILES string of the molecule is CC(Br)C(=O)NC1COC(C)C1C. The van der Waals surface area contributed by atoms with Crippen molar-refractivity contribution in [3.8, 4) is 0 Å². The van der Waals surface area contributed by atoms with Crippen molar-refractivity contribution in [3.05, 3.63) is 0 Å². The lowest BCUT2D eigenvalue weighted by molar-refractivity contribution is -0.121. The quantitative estimate of drug-likeness (QED) is 0.750. The van der Waals surface area contributed by atoms with Gasteiger partial charge in [-0.05, 0) is 13.8 Å². The van der Waals surface area contributed by atoms with Gasteiger partial charge in [0.1, 0.15) is 0 Å². The molecule has 1 aliphatic heterocycles. The van der Waals surface area contributed by atoms with Gasteiger partial charge in [0.15, 0.2) is 0 Å². The Morgan fingerprint density at radius 1 is 1.62 bits per heavy atom. The van der Waals surface area contributed by atoms with E-state index in [-0.39, 0.29) is 22.9 Å². The molecule has 0 aromatic rings. The Balaban J connectivity index is 2.42. The molecule has 1 rings (SSSR count). The summed E-state index contributed by atoms with van der Waals surface area (Å²) in [6.45, 7) is 6.59. The first kappa shape index (κ1) is 11.0. The Labute approximate surface area is 87.3 Å². The minimum atomic E-state index is -0.129. The molecule has 0 aromatic carbocycles. The van der Waals surface area contributed by atoms with Gasteiger partial charge in [0.2, 0.25) is 5.91 Å². The molecule has 1 fully saturated rings. The summed E-state index contributed by atoms with van der Waals surface area (Å²) in [4.78, 5) is 11.2. The summed E-state index contributed by atoms with van der Waals surface area (Å²) in [5.74, 6) is 0.435. The lowest BCUT2D eigenvalue weighted by atomic mass is 10.0. The van der Waals surface area contributed by atoms with Crippen molar-refractivity contribution in [3.63, 3.8) is 0 Å². The van der Waals surface area contributed by atoms with Crippen LogP contribution in [0.25, 0.3) is 0 Å². The molecule has 4 heteroatoms. The number of ether oxygens (including phenoxy) is 1. The van der Waals surface area contributed by atoms with Crippen molar-refractivity contribution >= 4 is 21.8 Å². The summed E-state index contributed by atoms with van der Waals surface area (Å²) in [6.07, 6.45) is 0.246. The normalized spacial score (nSPS) is 35.8. The molecular weight excluding hydrogens is 234 g/mol. The van der Waals surface area contributed by atoms with Crippen LogP contribution in [0.2, 0.25) is 0 Å². The minimum absolute atomic E-state index is 0.0366. The fourth-order valence-electron chi connectivity index (χ4n) is 1.36. The number of nitrogens with one attached hydrogen (secondary N) is 1. The second-order valence-corrected chi connectivity index (χ2v) is 5.00.